The zero-order valence-electron chi connectivity index (χ0n) is 42.3. The monoisotopic (exact) mass is 895 g/mol. The van der Waals surface area contributed by atoms with Crippen molar-refractivity contribution >= 4 is 17.9 Å². The predicted octanol–water partition coefficient (Wildman–Crippen LogP) is 18.0. The molecular weight excluding hydrogens is 793 g/mol. The average Bonchev–Trinajstić information content (AvgIpc) is 3.29. The van der Waals surface area contributed by atoms with Gasteiger partial charge in [0.2, 0.25) is 0 Å². The van der Waals surface area contributed by atoms with Crippen molar-refractivity contribution in [3.05, 3.63) is 60.8 Å². The molecule has 0 spiro atoms. The second-order valence-electron chi connectivity index (χ2n) is 18.1. The lowest BCUT2D eigenvalue weighted by atomic mass is 10.0. The first kappa shape index (κ1) is 61.1. The predicted molar refractivity (Wildman–Crippen MR) is 275 cm³/mol. The summed E-state index contributed by atoms with van der Waals surface area (Å²) in [5, 5.41) is 0. The van der Waals surface area contributed by atoms with Crippen LogP contribution >= 0.6 is 0 Å². The largest absolute Gasteiger partial charge is 0.462 e. The number of ether oxygens (including phenoxy) is 3. The van der Waals surface area contributed by atoms with Crippen LogP contribution in [0.2, 0.25) is 0 Å². The minimum atomic E-state index is -0.798. The van der Waals surface area contributed by atoms with Gasteiger partial charge in [-0.25, -0.2) is 0 Å². The van der Waals surface area contributed by atoms with Crippen molar-refractivity contribution in [3.63, 3.8) is 0 Å². The lowest BCUT2D eigenvalue weighted by molar-refractivity contribution is -0.167. The van der Waals surface area contributed by atoms with Gasteiger partial charge in [0.1, 0.15) is 13.2 Å². The van der Waals surface area contributed by atoms with Gasteiger partial charge in [-0.05, 0) is 57.8 Å². The number of hydrogen-bond acceptors (Lipinski definition) is 6. The Morgan fingerprint density at radius 3 is 0.938 bits per heavy atom. The summed E-state index contributed by atoms with van der Waals surface area (Å²) < 4.78 is 16.7. The van der Waals surface area contributed by atoms with Gasteiger partial charge in [0.15, 0.2) is 6.10 Å². The molecule has 0 fully saturated rings. The fraction of sp³-hybridized carbons (Fsp3) is 0.776. The van der Waals surface area contributed by atoms with E-state index in [0.717, 1.165) is 77.0 Å². The van der Waals surface area contributed by atoms with Crippen molar-refractivity contribution in [2.45, 2.75) is 277 Å². The van der Waals surface area contributed by atoms with Gasteiger partial charge in [-0.15, -0.1) is 0 Å². The van der Waals surface area contributed by atoms with Crippen molar-refractivity contribution in [3.8, 4) is 0 Å². The molecule has 1 atom stereocenters. The van der Waals surface area contributed by atoms with Crippen LogP contribution in [-0.2, 0) is 28.6 Å². The van der Waals surface area contributed by atoms with Crippen LogP contribution in [0.15, 0.2) is 60.8 Å². The number of rotatable bonds is 49. The highest BCUT2D eigenvalue weighted by Gasteiger charge is 2.19. The Morgan fingerprint density at radius 2 is 0.609 bits per heavy atom. The lowest BCUT2D eigenvalue weighted by Crippen LogP contribution is -2.30. The van der Waals surface area contributed by atoms with Crippen molar-refractivity contribution in [2.75, 3.05) is 13.2 Å². The summed E-state index contributed by atoms with van der Waals surface area (Å²) in [6.45, 7) is 6.44. The van der Waals surface area contributed by atoms with E-state index < -0.39 is 6.10 Å². The van der Waals surface area contributed by atoms with E-state index in [1.165, 1.54) is 148 Å². The molecule has 6 nitrogen and oxygen atoms in total. The summed E-state index contributed by atoms with van der Waals surface area (Å²) in [4.78, 5) is 37.8. The molecule has 0 heterocycles. The van der Waals surface area contributed by atoms with E-state index in [4.69, 9.17) is 14.2 Å². The molecule has 6 heteroatoms. The number of hydrogen-bond donors (Lipinski definition) is 0. The number of esters is 3. The van der Waals surface area contributed by atoms with Crippen LogP contribution in [0.4, 0.5) is 0 Å². The van der Waals surface area contributed by atoms with Gasteiger partial charge in [-0.2, -0.15) is 0 Å². The molecule has 370 valence electrons. The molecule has 0 radical (unpaired) electrons. The number of allylic oxidation sites excluding steroid dienone is 10. The Bertz CT molecular complexity index is 1170. The Morgan fingerprint density at radius 1 is 0.328 bits per heavy atom. The summed E-state index contributed by atoms with van der Waals surface area (Å²) in [6, 6.07) is 0. The summed E-state index contributed by atoms with van der Waals surface area (Å²) in [6.07, 6.45) is 65.4. The van der Waals surface area contributed by atoms with Gasteiger partial charge in [0.25, 0.3) is 0 Å². The molecule has 0 aliphatic heterocycles. The van der Waals surface area contributed by atoms with Gasteiger partial charge in [-0.1, -0.05) is 255 Å². The first-order chi connectivity index (χ1) is 31.5. The molecule has 0 amide bonds. The summed E-state index contributed by atoms with van der Waals surface area (Å²) >= 11 is 0. The van der Waals surface area contributed by atoms with Gasteiger partial charge in [-0.3, -0.25) is 14.4 Å². The molecule has 0 saturated carbocycles. The minimum Gasteiger partial charge on any atom is -0.462 e. The van der Waals surface area contributed by atoms with Gasteiger partial charge in [0, 0.05) is 19.3 Å². The summed E-state index contributed by atoms with van der Waals surface area (Å²) in [5.74, 6) is -0.956. The normalized spacial score (nSPS) is 12.5. The zero-order chi connectivity index (χ0) is 46.5. The molecule has 0 N–H and O–H groups in total. The van der Waals surface area contributed by atoms with Crippen LogP contribution in [0, 0.1) is 0 Å². The lowest BCUT2D eigenvalue weighted by Gasteiger charge is -2.18. The third-order valence-corrected chi connectivity index (χ3v) is 11.8. The molecule has 1 unspecified atom stereocenters. The summed E-state index contributed by atoms with van der Waals surface area (Å²) in [7, 11) is 0. The maximum atomic E-state index is 12.7. The van der Waals surface area contributed by atoms with E-state index in [9.17, 15) is 14.4 Å². The first-order valence-electron chi connectivity index (χ1n) is 27.3. The van der Waals surface area contributed by atoms with Gasteiger partial charge < -0.3 is 14.2 Å². The van der Waals surface area contributed by atoms with Gasteiger partial charge >= 0.3 is 17.9 Å². The quantitative estimate of drug-likeness (QED) is 0.0262. The fourth-order valence-electron chi connectivity index (χ4n) is 7.71. The van der Waals surface area contributed by atoms with Crippen LogP contribution in [0.5, 0.6) is 0 Å². The fourth-order valence-corrected chi connectivity index (χ4v) is 7.71. The van der Waals surface area contributed by atoms with Crippen LogP contribution in [-0.4, -0.2) is 37.2 Å². The Balaban J connectivity index is 4.18. The molecule has 0 bridgehead atoms. The van der Waals surface area contributed by atoms with E-state index in [0.29, 0.717) is 19.3 Å². The third-order valence-electron chi connectivity index (χ3n) is 11.8. The van der Waals surface area contributed by atoms with E-state index >= 15 is 0 Å². The van der Waals surface area contributed by atoms with E-state index in [-0.39, 0.29) is 37.5 Å². The van der Waals surface area contributed by atoms with Gasteiger partial charge in [0.05, 0.1) is 0 Å². The highest BCUT2D eigenvalue weighted by atomic mass is 16.6. The SMILES string of the molecule is CC/C=C\C/C=C\C/C=C\C/C=C\C/C=C\CCCC(=O)OC(COC(=O)CCCCCCCC)COC(=O)CCCCCCCCCCCCCCCCCCCCCCCCC. The molecule has 0 aliphatic carbocycles. The maximum absolute atomic E-state index is 12.7. The van der Waals surface area contributed by atoms with Crippen LogP contribution in [0.3, 0.4) is 0 Å². The number of carbonyl (C=O) groups excluding carboxylic acids is 3. The Hall–Kier alpha value is -2.89. The van der Waals surface area contributed by atoms with Crippen molar-refractivity contribution in [1.29, 1.82) is 0 Å². The van der Waals surface area contributed by atoms with Crippen molar-refractivity contribution in [1.82, 2.24) is 0 Å². The highest BCUT2D eigenvalue weighted by Crippen LogP contribution is 2.16. The molecular formula is C58H102O6. The molecule has 0 aromatic carbocycles. The van der Waals surface area contributed by atoms with Crippen LogP contribution in [0.1, 0.15) is 271 Å². The number of carbonyl (C=O) groups is 3. The third kappa shape index (κ3) is 50.1. The zero-order valence-corrected chi connectivity index (χ0v) is 42.3. The number of unbranched alkanes of at least 4 members (excludes halogenated alkanes) is 28. The standard InChI is InChI=1S/C58H102O6/c1-4-7-10-13-16-18-20-22-24-26-27-28-29-30-31-33-34-36-38-40-42-45-48-51-57(60)63-54-55(53-62-56(59)50-47-44-15-12-9-6-3)64-58(61)52-49-46-43-41-39-37-35-32-25-23-21-19-17-14-11-8-5-2/h8,11,17,19,23,25,35,37,41,43,55H,4-7,9-10,12-16,18,20-22,24,26-34,36,38-40,42,44-54H2,1-3H3/b11-8-,19-17-,25-23-,37-35-,43-41-. The van der Waals surface area contributed by atoms with Crippen molar-refractivity contribution < 1.29 is 28.6 Å². The van der Waals surface area contributed by atoms with Crippen molar-refractivity contribution in [2.24, 2.45) is 0 Å². The highest BCUT2D eigenvalue weighted by molar-refractivity contribution is 5.71. The Kier molecular flexibility index (Phi) is 50.4. The first-order valence-corrected chi connectivity index (χ1v) is 27.3. The maximum Gasteiger partial charge on any atom is 0.306 e. The minimum absolute atomic E-state index is 0.0942. The molecule has 0 aromatic rings. The van der Waals surface area contributed by atoms with E-state index in [1.54, 1.807) is 0 Å². The summed E-state index contributed by atoms with van der Waals surface area (Å²) in [5.41, 5.74) is 0. The molecule has 0 aliphatic rings. The molecule has 0 aromatic heterocycles. The van der Waals surface area contributed by atoms with Crippen LogP contribution < -0.4 is 0 Å². The van der Waals surface area contributed by atoms with E-state index in [1.807, 2.05) is 0 Å². The van der Waals surface area contributed by atoms with Crippen LogP contribution in [0.25, 0.3) is 0 Å². The Labute approximate surface area is 396 Å². The second-order valence-corrected chi connectivity index (χ2v) is 18.1. The average molecular weight is 895 g/mol. The molecule has 64 heavy (non-hydrogen) atoms. The molecule has 0 rings (SSSR count). The van der Waals surface area contributed by atoms with E-state index in [2.05, 4.69) is 81.5 Å². The topological polar surface area (TPSA) is 78.9 Å². The smallest absolute Gasteiger partial charge is 0.306 e. The second kappa shape index (κ2) is 52.7. The molecule has 0 saturated heterocycles.